The summed E-state index contributed by atoms with van der Waals surface area (Å²) in [6.07, 6.45) is 0. The molecular weight excluding hydrogens is 196 g/mol. The molecule has 0 unspecified atom stereocenters. The van der Waals surface area contributed by atoms with Crippen LogP contribution >= 0.6 is 0 Å². The topological polar surface area (TPSA) is 96.7 Å². The molecule has 2 rings (SSSR count). The maximum atomic E-state index is 11.3. The average Bonchev–Trinajstić information content (AvgIpc) is 2.48. The zero-order valence-electron chi connectivity index (χ0n) is 8.07. The Kier molecular flexibility index (Phi) is 1.96. The van der Waals surface area contributed by atoms with E-state index in [0.717, 1.165) is 10.1 Å². The first-order valence-corrected chi connectivity index (χ1v) is 4.36. The molecule has 0 aliphatic carbocycles. The molecule has 1 aromatic carbocycles. The van der Waals surface area contributed by atoms with Crippen LogP contribution in [0.5, 0.6) is 0 Å². The van der Waals surface area contributed by atoms with Crippen LogP contribution in [0.2, 0.25) is 0 Å². The first kappa shape index (κ1) is 9.32. The quantitative estimate of drug-likeness (QED) is 0.561. The number of hydrogen-bond donors (Lipinski definition) is 3. The molecule has 0 atom stereocenters. The van der Waals surface area contributed by atoms with E-state index in [1.807, 2.05) is 6.92 Å². The van der Waals surface area contributed by atoms with E-state index in [1.165, 1.54) is 0 Å². The van der Waals surface area contributed by atoms with Crippen molar-refractivity contribution in [2.24, 2.45) is 0 Å². The molecule has 6 heteroatoms. The van der Waals surface area contributed by atoms with Crippen LogP contribution < -0.4 is 17.1 Å². The standard InChI is InChI=1S/C9H10N4O2/c1-5-2-3-7(6(10)4-5)13-8(14)11-12-9(13)15/h2-4H,10H2,1H3,(H,11,14)(H,12,15). The third-order valence-electron chi connectivity index (χ3n) is 2.11. The van der Waals surface area contributed by atoms with Crippen molar-refractivity contribution in [1.29, 1.82) is 0 Å². The van der Waals surface area contributed by atoms with Gasteiger partial charge in [0.15, 0.2) is 0 Å². The molecular formula is C9H10N4O2. The van der Waals surface area contributed by atoms with Crippen molar-refractivity contribution < 1.29 is 0 Å². The van der Waals surface area contributed by atoms with Crippen molar-refractivity contribution in [2.75, 3.05) is 5.73 Å². The number of H-pyrrole nitrogens is 2. The highest BCUT2D eigenvalue weighted by Crippen LogP contribution is 2.15. The van der Waals surface area contributed by atoms with Gasteiger partial charge in [-0.3, -0.25) is 0 Å². The van der Waals surface area contributed by atoms with Crippen LogP contribution in [0, 0.1) is 6.92 Å². The van der Waals surface area contributed by atoms with Gasteiger partial charge in [-0.1, -0.05) is 6.07 Å². The fourth-order valence-corrected chi connectivity index (χ4v) is 1.41. The van der Waals surface area contributed by atoms with Gasteiger partial charge in [-0.2, -0.15) is 0 Å². The summed E-state index contributed by atoms with van der Waals surface area (Å²) in [4.78, 5) is 22.6. The Hall–Kier alpha value is -2.24. The zero-order chi connectivity index (χ0) is 11.0. The number of nitrogens with one attached hydrogen (secondary N) is 2. The van der Waals surface area contributed by atoms with E-state index in [9.17, 15) is 9.59 Å². The lowest BCUT2D eigenvalue weighted by Gasteiger charge is -2.04. The smallest absolute Gasteiger partial charge is 0.349 e. The zero-order valence-corrected chi connectivity index (χ0v) is 8.07. The van der Waals surface area contributed by atoms with Gasteiger partial charge in [0.2, 0.25) is 0 Å². The van der Waals surface area contributed by atoms with Crippen LogP contribution in [-0.2, 0) is 0 Å². The van der Waals surface area contributed by atoms with E-state index in [4.69, 9.17) is 5.73 Å². The molecule has 0 bridgehead atoms. The van der Waals surface area contributed by atoms with E-state index < -0.39 is 11.4 Å². The second kappa shape index (κ2) is 3.16. The highest BCUT2D eigenvalue weighted by molar-refractivity contribution is 5.58. The molecule has 0 aliphatic heterocycles. The normalized spacial score (nSPS) is 10.5. The van der Waals surface area contributed by atoms with E-state index in [0.29, 0.717) is 11.4 Å². The van der Waals surface area contributed by atoms with Gasteiger partial charge in [-0.05, 0) is 24.6 Å². The van der Waals surface area contributed by atoms with Gasteiger partial charge in [-0.15, -0.1) is 0 Å². The molecule has 15 heavy (non-hydrogen) atoms. The highest BCUT2D eigenvalue weighted by Gasteiger charge is 2.08. The monoisotopic (exact) mass is 206 g/mol. The van der Waals surface area contributed by atoms with Gasteiger partial charge in [0.25, 0.3) is 0 Å². The number of nitrogens with zero attached hydrogens (tertiary/aromatic N) is 1. The molecule has 0 aliphatic rings. The third-order valence-corrected chi connectivity index (χ3v) is 2.11. The molecule has 0 fully saturated rings. The van der Waals surface area contributed by atoms with Gasteiger partial charge in [0, 0.05) is 0 Å². The molecule has 4 N–H and O–H groups in total. The third kappa shape index (κ3) is 1.45. The number of aryl methyl sites for hydroxylation is 1. The van der Waals surface area contributed by atoms with Crippen molar-refractivity contribution >= 4 is 5.69 Å². The van der Waals surface area contributed by atoms with Crippen LogP contribution in [0.3, 0.4) is 0 Å². The van der Waals surface area contributed by atoms with Crippen molar-refractivity contribution in [3.05, 3.63) is 44.7 Å². The minimum Gasteiger partial charge on any atom is -0.397 e. The first-order valence-electron chi connectivity index (χ1n) is 4.36. The van der Waals surface area contributed by atoms with Gasteiger partial charge >= 0.3 is 11.4 Å². The van der Waals surface area contributed by atoms with Crippen molar-refractivity contribution in [3.8, 4) is 5.69 Å². The number of nitrogens with two attached hydrogens (primary N) is 1. The lowest BCUT2D eigenvalue weighted by molar-refractivity contribution is 0.953. The largest absolute Gasteiger partial charge is 0.397 e. The van der Waals surface area contributed by atoms with E-state index >= 15 is 0 Å². The fraction of sp³-hybridized carbons (Fsp3) is 0.111. The van der Waals surface area contributed by atoms with Crippen LogP contribution in [0.15, 0.2) is 27.8 Å². The number of hydrogen-bond acceptors (Lipinski definition) is 3. The Morgan fingerprint density at radius 1 is 1.20 bits per heavy atom. The predicted molar refractivity (Wildman–Crippen MR) is 56.2 cm³/mol. The number of anilines is 1. The van der Waals surface area contributed by atoms with Crippen LogP contribution in [0.1, 0.15) is 5.56 Å². The minimum absolute atomic E-state index is 0.383. The van der Waals surface area contributed by atoms with Crippen molar-refractivity contribution in [2.45, 2.75) is 6.92 Å². The van der Waals surface area contributed by atoms with Crippen LogP contribution in [0.25, 0.3) is 5.69 Å². The lowest BCUT2D eigenvalue weighted by Crippen LogP contribution is -2.25. The Labute approximate surface area is 84.3 Å². The Morgan fingerprint density at radius 3 is 2.33 bits per heavy atom. The van der Waals surface area contributed by atoms with E-state index in [-0.39, 0.29) is 0 Å². The molecule has 0 amide bonds. The summed E-state index contributed by atoms with van der Waals surface area (Å²) < 4.78 is 0.953. The van der Waals surface area contributed by atoms with Gasteiger partial charge in [0.05, 0.1) is 11.4 Å². The van der Waals surface area contributed by atoms with Crippen LogP contribution in [0.4, 0.5) is 5.69 Å². The van der Waals surface area contributed by atoms with Gasteiger partial charge < -0.3 is 5.73 Å². The van der Waals surface area contributed by atoms with E-state index in [1.54, 1.807) is 18.2 Å². The molecule has 0 spiro atoms. The van der Waals surface area contributed by atoms with Crippen molar-refractivity contribution in [3.63, 3.8) is 0 Å². The summed E-state index contributed by atoms with van der Waals surface area (Å²) in [6.45, 7) is 1.88. The van der Waals surface area contributed by atoms with Gasteiger partial charge in [0.1, 0.15) is 0 Å². The SMILES string of the molecule is Cc1ccc(-n2c(=O)[nH][nH]c2=O)c(N)c1. The molecule has 0 saturated carbocycles. The maximum Gasteiger partial charge on any atom is 0.349 e. The molecule has 2 aromatic rings. The molecule has 78 valence electrons. The van der Waals surface area contributed by atoms with Gasteiger partial charge in [-0.25, -0.2) is 24.4 Å². The summed E-state index contributed by atoms with van der Waals surface area (Å²) in [7, 11) is 0. The van der Waals surface area contributed by atoms with E-state index in [2.05, 4.69) is 10.2 Å². The first-order chi connectivity index (χ1) is 7.09. The highest BCUT2D eigenvalue weighted by atomic mass is 16.2. The number of nitrogen functional groups attached to an aromatic ring is 1. The minimum atomic E-state index is -0.532. The summed E-state index contributed by atoms with van der Waals surface area (Å²) in [6, 6.07) is 5.12. The Morgan fingerprint density at radius 2 is 1.80 bits per heavy atom. The Bertz CT molecular complexity index is 578. The molecule has 0 radical (unpaired) electrons. The molecule has 6 nitrogen and oxygen atoms in total. The summed E-state index contributed by atoms with van der Waals surface area (Å²) in [5.41, 5.74) is 6.40. The molecule has 0 saturated heterocycles. The summed E-state index contributed by atoms with van der Waals surface area (Å²) >= 11 is 0. The predicted octanol–water partition coefficient (Wildman–Crippen LogP) is -0.255. The number of aromatic nitrogens is 3. The van der Waals surface area contributed by atoms with Crippen molar-refractivity contribution in [1.82, 2.24) is 14.8 Å². The number of rotatable bonds is 1. The lowest BCUT2D eigenvalue weighted by atomic mass is 10.2. The maximum absolute atomic E-state index is 11.3. The molecule has 1 aromatic heterocycles. The fourth-order valence-electron chi connectivity index (χ4n) is 1.41. The second-order valence-corrected chi connectivity index (χ2v) is 3.26. The summed E-state index contributed by atoms with van der Waals surface area (Å²) in [5, 5.41) is 4.38. The second-order valence-electron chi connectivity index (χ2n) is 3.26. The average molecular weight is 206 g/mol. The van der Waals surface area contributed by atoms with Crippen LogP contribution in [-0.4, -0.2) is 14.8 Å². The Balaban J connectivity index is 2.75. The number of benzene rings is 1. The number of aromatic amines is 2. The summed E-state index contributed by atoms with van der Waals surface area (Å²) in [5.74, 6) is 0. The molecule has 1 heterocycles.